The van der Waals surface area contributed by atoms with Crippen molar-refractivity contribution in [3.63, 3.8) is 0 Å². The quantitative estimate of drug-likeness (QED) is 0.0925. The Morgan fingerprint density at radius 1 is 0.387 bits per heavy atom. The standard InChI is InChI=1S/C27H18N8.C27H22N8.C27H19N7O2/c28-14-19-1-5-20(6-2-19)22-16-35(17-22)27-30-12-10-25(33-27)26-29-11-9-23(32-26)7-3-18-4-8-24-21(13-18)15-31-34-24;1-2-4-23(5-3-1)34-14-16-35(17-15-34)27-29-13-11-25(32-27)26-28-12-10-22(31-26)8-6-20-7-9-24-21(18-20)19-30-33-24;35-26(36)19-5-3-18(4-6-19)21-15-34(16-21)27-29-12-10-24(32-27)25-28-11-9-22(31-25)7-1-17-2-8-23-20(13-17)14-30-33-23/h1-2,4-6,8-13,15,22H,16-17H2,(H,31,34);1-5,7,9-13,18-19H,14-17H2,(H,30,33);2-6,8-14,21H,15-16H2,(H,30,33)(H,35,36). The van der Waals surface area contributed by atoms with E-state index >= 15 is 0 Å². The summed E-state index contributed by atoms with van der Waals surface area (Å²) in [5, 5.41) is 42.0. The number of rotatable bonds is 10. The summed E-state index contributed by atoms with van der Waals surface area (Å²) in [4.78, 5) is 74.4. The number of piperazine rings is 1. The molecule has 106 heavy (non-hydrogen) atoms. The number of benzene rings is 6. The molecule has 9 aromatic heterocycles. The van der Waals surface area contributed by atoms with Crippen LogP contribution in [0.15, 0.2) is 226 Å². The molecule has 3 aliphatic rings. The van der Waals surface area contributed by atoms with Crippen LogP contribution in [0.1, 0.15) is 72.7 Å². The van der Waals surface area contributed by atoms with Crippen LogP contribution in [-0.4, -0.2) is 154 Å². The minimum Gasteiger partial charge on any atom is -0.478 e. The molecule has 0 saturated carbocycles. The maximum Gasteiger partial charge on any atom is 0.335 e. The highest BCUT2D eigenvalue weighted by Crippen LogP contribution is 2.33. The number of nitrogens with zero attached hydrogens (tertiary/aromatic N) is 20. The number of aromatic amines is 3. The van der Waals surface area contributed by atoms with Crippen molar-refractivity contribution >= 4 is 62.2 Å². The van der Waals surface area contributed by atoms with Gasteiger partial charge in [0.25, 0.3) is 0 Å². The predicted octanol–water partition coefficient (Wildman–Crippen LogP) is 10.7. The van der Waals surface area contributed by atoms with Crippen molar-refractivity contribution in [2.24, 2.45) is 0 Å². The van der Waals surface area contributed by atoms with E-state index in [9.17, 15) is 4.79 Å². The molecule has 0 aliphatic carbocycles. The first kappa shape index (κ1) is 65.6. The van der Waals surface area contributed by atoms with E-state index in [1.54, 1.807) is 98.2 Å². The maximum absolute atomic E-state index is 11.1. The van der Waals surface area contributed by atoms with Gasteiger partial charge in [0.1, 0.15) is 34.2 Å². The van der Waals surface area contributed by atoms with Gasteiger partial charge in [-0.15, -0.1) is 0 Å². The summed E-state index contributed by atoms with van der Waals surface area (Å²) >= 11 is 0. The lowest BCUT2D eigenvalue weighted by molar-refractivity contribution is 0.0696. The highest BCUT2D eigenvalue weighted by atomic mass is 16.4. The number of anilines is 4. The number of fused-ring (bicyclic) bond motifs is 3. The molecule has 15 aromatic rings. The number of hydrogen-bond acceptors (Lipinski definition) is 21. The first-order chi connectivity index (χ1) is 52.2. The minimum absolute atomic E-state index is 0.289. The second-order valence-corrected chi connectivity index (χ2v) is 25.0. The summed E-state index contributed by atoms with van der Waals surface area (Å²) in [6.45, 7) is 6.70. The van der Waals surface area contributed by atoms with Gasteiger partial charge in [-0.05, 0) is 156 Å². The van der Waals surface area contributed by atoms with Gasteiger partial charge in [-0.2, -0.15) is 20.6 Å². The molecule has 0 unspecified atom stereocenters. The summed E-state index contributed by atoms with van der Waals surface area (Å²) in [6, 6.07) is 55.9. The molecule has 6 aromatic carbocycles. The predicted molar refractivity (Wildman–Crippen MR) is 401 cm³/mol. The number of nitriles is 1. The lowest BCUT2D eigenvalue weighted by Gasteiger charge is -2.39. The molecule has 3 fully saturated rings. The lowest BCUT2D eigenvalue weighted by atomic mass is 9.91. The normalized spacial score (nSPS) is 13.2. The summed E-state index contributed by atoms with van der Waals surface area (Å²) in [7, 11) is 0. The second-order valence-electron chi connectivity index (χ2n) is 25.0. The molecule has 25 heteroatoms. The number of hydrogen-bond donors (Lipinski definition) is 4. The number of H-pyrrole nitrogens is 3. The fourth-order valence-electron chi connectivity index (χ4n) is 12.2. The van der Waals surface area contributed by atoms with Crippen molar-refractivity contribution in [2.75, 3.05) is 72.0 Å². The van der Waals surface area contributed by atoms with Crippen LogP contribution >= 0.6 is 0 Å². The van der Waals surface area contributed by atoms with Crippen LogP contribution in [0.5, 0.6) is 0 Å². The van der Waals surface area contributed by atoms with E-state index in [2.05, 4.69) is 166 Å². The average molecular weight is 1390 g/mol. The van der Waals surface area contributed by atoms with Crippen LogP contribution in [0, 0.1) is 46.9 Å². The van der Waals surface area contributed by atoms with Crippen molar-refractivity contribution in [3.05, 3.63) is 282 Å². The van der Waals surface area contributed by atoms with Crippen LogP contribution in [0.2, 0.25) is 0 Å². The van der Waals surface area contributed by atoms with E-state index in [0.717, 1.165) is 107 Å². The third-order valence-electron chi connectivity index (χ3n) is 18.1. The van der Waals surface area contributed by atoms with Gasteiger partial charge in [0.15, 0.2) is 17.5 Å². The molecule has 510 valence electrons. The van der Waals surface area contributed by atoms with E-state index in [0.29, 0.717) is 86.9 Å². The van der Waals surface area contributed by atoms with Gasteiger partial charge in [0.2, 0.25) is 17.8 Å². The van der Waals surface area contributed by atoms with Gasteiger partial charge >= 0.3 is 5.97 Å². The summed E-state index contributed by atoms with van der Waals surface area (Å²) < 4.78 is 0. The third-order valence-corrected chi connectivity index (χ3v) is 18.1. The molecule has 0 radical (unpaired) electrons. The maximum atomic E-state index is 11.1. The van der Waals surface area contributed by atoms with E-state index in [1.165, 1.54) is 11.3 Å². The highest BCUT2D eigenvalue weighted by molar-refractivity contribution is 5.87. The Hall–Kier alpha value is -15.0. The Morgan fingerprint density at radius 3 is 1.15 bits per heavy atom. The largest absolute Gasteiger partial charge is 0.478 e. The minimum atomic E-state index is -0.921. The van der Waals surface area contributed by atoms with E-state index in [1.807, 2.05) is 103 Å². The van der Waals surface area contributed by atoms with Gasteiger partial charge in [-0.3, -0.25) is 15.3 Å². The van der Waals surface area contributed by atoms with Crippen molar-refractivity contribution in [1.29, 1.82) is 5.26 Å². The molecule has 18 rings (SSSR count). The zero-order chi connectivity index (χ0) is 71.6. The molecular weight excluding hydrogens is 1330 g/mol. The lowest BCUT2D eigenvalue weighted by Crippen LogP contribution is -2.47. The number of nitrogens with one attached hydrogen (secondary N) is 3. The molecule has 0 atom stereocenters. The molecule has 0 spiro atoms. The van der Waals surface area contributed by atoms with Crippen molar-refractivity contribution in [1.82, 2.24) is 90.4 Å². The van der Waals surface area contributed by atoms with Crippen molar-refractivity contribution < 1.29 is 9.90 Å². The van der Waals surface area contributed by atoms with Gasteiger partial charge in [0.05, 0.1) is 52.3 Å². The fraction of sp³-hybridized carbons (Fsp3) is 0.123. The topological polar surface area (TPSA) is 315 Å². The second kappa shape index (κ2) is 30.1. The molecule has 0 amide bonds. The number of carboxylic acids is 1. The molecular formula is C81H59N23O2. The van der Waals surface area contributed by atoms with Crippen molar-refractivity contribution in [3.8, 4) is 76.1 Å². The van der Waals surface area contributed by atoms with Gasteiger partial charge < -0.3 is 24.7 Å². The molecule has 12 heterocycles. The highest BCUT2D eigenvalue weighted by Gasteiger charge is 2.32. The van der Waals surface area contributed by atoms with E-state index in [4.69, 9.17) is 20.3 Å². The molecule has 4 N–H and O–H groups in total. The summed E-state index contributed by atoms with van der Waals surface area (Å²) in [5.41, 5.74) is 13.9. The van der Waals surface area contributed by atoms with E-state index in [-0.39, 0.29) is 5.56 Å². The third kappa shape index (κ3) is 15.2. The molecule has 25 nitrogen and oxygen atoms in total. The van der Waals surface area contributed by atoms with Gasteiger partial charge in [-0.1, -0.05) is 60.2 Å². The first-order valence-electron chi connectivity index (χ1n) is 33.9. The fourth-order valence-corrected chi connectivity index (χ4v) is 12.2. The van der Waals surface area contributed by atoms with E-state index < -0.39 is 5.97 Å². The smallest absolute Gasteiger partial charge is 0.335 e. The SMILES string of the molecule is C(#Cc1ccnc(-c2ccnc(N3CCN(c4ccccc4)CC3)n2)n1)c1ccc2[nH]ncc2c1.N#Cc1ccc(C2CN(c3nccc(-c4nccc(C#Cc5ccc6[nH]ncc6c5)n4)n3)C2)cc1.O=C(O)c1ccc(C2CN(c3nccc(-c4nccc(C#Cc5ccc6[nH]ncc6c5)n4)n3)C2)cc1. The number of carbonyl (C=O) groups is 1. The van der Waals surface area contributed by atoms with Crippen LogP contribution in [0.25, 0.3) is 67.3 Å². The van der Waals surface area contributed by atoms with Crippen LogP contribution in [-0.2, 0) is 0 Å². The Balaban J connectivity index is 0.000000122. The summed E-state index contributed by atoms with van der Waals surface area (Å²) in [5.74, 6) is 22.1. The zero-order valence-electron chi connectivity index (χ0n) is 56.5. The van der Waals surface area contributed by atoms with Gasteiger partial charge in [-0.25, -0.2) is 64.6 Å². The monoisotopic (exact) mass is 1390 g/mol. The summed E-state index contributed by atoms with van der Waals surface area (Å²) in [6.07, 6.45) is 15.6. The average Bonchev–Trinajstić information content (AvgIpc) is 0.943. The Morgan fingerprint density at radius 2 is 0.755 bits per heavy atom. The van der Waals surface area contributed by atoms with Crippen molar-refractivity contribution in [2.45, 2.75) is 11.8 Å². The van der Waals surface area contributed by atoms with Crippen LogP contribution in [0.4, 0.5) is 23.5 Å². The Bertz CT molecular complexity index is 5960. The molecule has 0 bridgehead atoms. The first-order valence-corrected chi connectivity index (χ1v) is 33.9. The van der Waals surface area contributed by atoms with Crippen LogP contribution < -0.4 is 19.6 Å². The van der Waals surface area contributed by atoms with Gasteiger partial charge in [0, 0.05) is 140 Å². The molecule has 3 saturated heterocycles. The number of carboxylic acid groups (broad SMARTS) is 1. The number of aromatic carboxylic acids is 1. The zero-order valence-corrected chi connectivity index (χ0v) is 56.5. The Kier molecular flexibility index (Phi) is 18.6. The number of para-hydroxylation sites is 1. The molecule has 3 aliphatic heterocycles. The Labute approximate surface area is 606 Å². The number of aromatic nitrogens is 18. The van der Waals surface area contributed by atoms with Crippen LogP contribution in [0.3, 0.4) is 0 Å².